The van der Waals surface area contributed by atoms with Crippen molar-refractivity contribution in [1.82, 2.24) is 5.32 Å². The van der Waals surface area contributed by atoms with E-state index in [4.69, 9.17) is 0 Å². The van der Waals surface area contributed by atoms with Crippen LogP contribution in [0.2, 0.25) is 0 Å². The molecule has 0 aromatic heterocycles. The van der Waals surface area contributed by atoms with Crippen LogP contribution in [-0.2, 0) is 11.3 Å². The van der Waals surface area contributed by atoms with E-state index in [1.165, 1.54) is 0 Å². The second-order valence-electron chi connectivity index (χ2n) is 2.76. The van der Waals surface area contributed by atoms with Gasteiger partial charge >= 0.3 is 0 Å². The van der Waals surface area contributed by atoms with Crippen LogP contribution in [0.3, 0.4) is 0 Å². The maximum atomic E-state index is 10.9. The van der Waals surface area contributed by atoms with Gasteiger partial charge in [0.1, 0.15) is 0 Å². The summed E-state index contributed by atoms with van der Waals surface area (Å²) >= 11 is 3.37. The summed E-state index contributed by atoms with van der Waals surface area (Å²) in [7, 11) is 0. The molecule has 0 aliphatic carbocycles. The van der Waals surface area contributed by atoms with Gasteiger partial charge in [-0.15, -0.1) is 0 Å². The van der Waals surface area contributed by atoms with E-state index >= 15 is 0 Å². The molecule has 1 aromatic rings. The van der Waals surface area contributed by atoms with Crippen molar-refractivity contribution in [2.45, 2.75) is 19.9 Å². The fourth-order valence-electron chi connectivity index (χ4n) is 0.973. The fourth-order valence-corrected chi connectivity index (χ4v) is 1.42. The number of hydrogen-bond donors (Lipinski definition) is 1. The lowest BCUT2D eigenvalue weighted by molar-refractivity contribution is -0.120. The Morgan fingerprint density at radius 3 is 2.92 bits per heavy atom. The maximum absolute atomic E-state index is 10.9. The Kier molecular flexibility index (Phi) is 3.96. The number of nitrogens with one attached hydrogen (secondary N) is 1. The number of halogens is 1. The summed E-state index contributed by atoms with van der Waals surface area (Å²) in [4.78, 5) is 10.9. The van der Waals surface area contributed by atoms with Crippen LogP contribution in [0.25, 0.3) is 0 Å². The molecule has 1 N–H and O–H groups in total. The van der Waals surface area contributed by atoms with Crippen molar-refractivity contribution in [3.63, 3.8) is 0 Å². The zero-order chi connectivity index (χ0) is 9.68. The van der Waals surface area contributed by atoms with Gasteiger partial charge in [0.25, 0.3) is 0 Å². The summed E-state index contributed by atoms with van der Waals surface area (Å²) in [5.41, 5.74) is 1.11. The predicted octanol–water partition coefficient (Wildman–Crippen LogP) is 2.48. The molecule has 70 valence electrons. The number of carbonyl (C=O) groups excluding carboxylic acids is 1. The van der Waals surface area contributed by atoms with E-state index in [9.17, 15) is 4.79 Å². The van der Waals surface area contributed by atoms with Gasteiger partial charge in [0.15, 0.2) is 0 Å². The highest BCUT2D eigenvalue weighted by Crippen LogP contribution is 2.11. The molecule has 0 aliphatic rings. The summed E-state index contributed by atoms with van der Waals surface area (Å²) in [5, 5.41) is 2.82. The normalized spacial score (nSPS) is 9.69. The molecule has 0 aliphatic heterocycles. The van der Waals surface area contributed by atoms with Crippen molar-refractivity contribution in [2.75, 3.05) is 0 Å². The molecular weight excluding hydrogens is 230 g/mol. The topological polar surface area (TPSA) is 29.1 Å². The molecular formula is C10H12BrNO. The molecule has 13 heavy (non-hydrogen) atoms. The first kappa shape index (κ1) is 10.3. The second-order valence-corrected chi connectivity index (χ2v) is 3.68. The third-order valence-corrected chi connectivity index (χ3v) is 2.19. The van der Waals surface area contributed by atoms with Gasteiger partial charge in [0, 0.05) is 17.4 Å². The van der Waals surface area contributed by atoms with Crippen molar-refractivity contribution in [1.29, 1.82) is 0 Å². The quantitative estimate of drug-likeness (QED) is 0.866. The minimum Gasteiger partial charge on any atom is -0.352 e. The standard InChI is InChI=1S/C10H12BrNO/c1-2-10(13)12-7-8-4-3-5-9(11)6-8/h3-6H,2,7H2,1H3,(H,12,13). The molecule has 3 heteroatoms. The minimum atomic E-state index is 0.0833. The smallest absolute Gasteiger partial charge is 0.219 e. The van der Waals surface area contributed by atoms with Crippen LogP contribution in [0.4, 0.5) is 0 Å². The molecule has 0 atom stereocenters. The van der Waals surface area contributed by atoms with E-state index in [-0.39, 0.29) is 5.91 Å². The first-order chi connectivity index (χ1) is 6.22. The Morgan fingerprint density at radius 1 is 1.54 bits per heavy atom. The van der Waals surface area contributed by atoms with Gasteiger partial charge in [0.05, 0.1) is 0 Å². The Labute approximate surface area is 86.5 Å². The molecule has 0 bridgehead atoms. The van der Waals surface area contributed by atoms with Crippen LogP contribution in [-0.4, -0.2) is 5.91 Å². The third kappa shape index (κ3) is 3.59. The highest BCUT2D eigenvalue weighted by Gasteiger charge is 1.97. The van der Waals surface area contributed by atoms with Gasteiger partial charge in [0.2, 0.25) is 5.91 Å². The summed E-state index contributed by atoms with van der Waals surface area (Å²) in [6.07, 6.45) is 0.536. The van der Waals surface area contributed by atoms with Crippen LogP contribution >= 0.6 is 15.9 Å². The molecule has 0 unspecified atom stereocenters. The van der Waals surface area contributed by atoms with E-state index in [2.05, 4.69) is 21.2 Å². The Morgan fingerprint density at radius 2 is 2.31 bits per heavy atom. The van der Waals surface area contributed by atoms with E-state index < -0.39 is 0 Å². The molecule has 2 nitrogen and oxygen atoms in total. The van der Waals surface area contributed by atoms with E-state index in [1.54, 1.807) is 0 Å². The summed E-state index contributed by atoms with van der Waals surface area (Å²) in [6, 6.07) is 7.90. The zero-order valence-corrected chi connectivity index (χ0v) is 9.10. The summed E-state index contributed by atoms with van der Waals surface area (Å²) < 4.78 is 1.04. The average molecular weight is 242 g/mol. The number of hydrogen-bond acceptors (Lipinski definition) is 1. The number of benzene rings is 1. The lowest BCUT2D eigenvalue weighted by atomic mass is 10.2. The second kappa shape index (κ2) is 5.02. The Balaban J connectivity index is 2.50. The van der Waals surface area contributed by atoms with Gasteiger partial charge < -0.3 is 5.32 Å². The van der Waals surface area contributed by atoms with E-state index in [1.807, 2.05) is 31.2 Å². The maximum Gasteiger partial charge on any atom is 0.219 e. The molecule has 0 fully saturated rings. The molecule has 0 heterocycles. The average Bonchev–Trinajstić information content (AvgIpc) is 2.14. The summed E-state index contributed by atoms with van der Waals surface area (Å²) in [6.45, 7) is 2.45. The van der Waals surface area contributed by atoms with Crippen molar-refractivity contribution >= 4 is 21.8 Å². The lowest BCUT2D eigenvalue weighted by Crippen LogP contribution is -2.21. The van der Waals surface area contributed by atoms with Gasteiger partial charge in [-0.1, -0.05) is 35.0 Å². The van der Waals surface area contributed by atoms with Gasteiger partial charge in [-0.2, -0.15) is 0 Å². The highest BCUT2D eigenvalue weighted by molar-refractivity contribution is 9.10. The first-order valence-corrected chi connectivity index (χ1v) is 5.03. The fraction of sp³-hybridized carbons (Fsp3) is 0.300. The number of amides is 1. The molecule has 0 radical (unpaired) electrons. The van der Waals surface area contributed by atoms with Gasteiger partial charge in [-0.25, -0.2) is 0 Å². The van der Waals surface area contributed by atoms with Crippen LogP contribution in [0.5, 0.6) is 0 Å². The number of rotatable bonds is 3. The van der Waals surface area contributed by atoms with E-state index in [0.717, 1.165) is 10.0 Å². The monoisotopic (exact) mass is 241 g/mol. The van der Waals surface area contributed by atoms with Crippen molar-refractivity contribution < 1.29 is 4.79 Å². The van der Waals surface area contributed by atoms with Gasteiger partial charge in [-0.3, -0.25) is 4.79 Å². The largest absolute Gasteiger partial charge is 0.352 e. The predicted molar refractivity (Wildman–Crippen MR) is 56.3 cm³/mol. The molecule has 1 amide bonds. The number of carbonyl (C=O) groups is 1. The Hall–Kier alpha value is -0.830. The molecule has 1 aromatic carbocycles. The van der Waals surface area contributed by atoms with Crippen molar-refractivity contribution in [3.05, 3.63) is 34.3 Å². The summed E-state index contributed by atoms with van der Waals surface area (Å²) in [5.74, 6) is 0.0833. The molecule has 0 saturated heterocycles. The van der Waals surface area contributed by atoms with Crippen LogP contribution in [0.1, 0.15) is 18.9 Å². The minimum absolute atomic E-state index is 0.0833. The molecule has 0 spiro atoms. The third-order valence-electron chi connectivity index (χ3n) is 1.70. The van der Waals surface area contributed by atoms with E-state index in [0.29, 0.717) is 13.0 Å². The van der Waals surface area contributed by atoms with Crippen molar-refractivity contribution in [2.24, 2.45) is 0 Å². The van der Waals surface area contributed by atoms with Gasteiger partial charge in [-0.05, 0) is 17.7 Å². The lowest BCUT2D eigenvalue weighted by Gasteiger charge is -2.03. The van der Waals surface area contributed by atoms with Crippen LogP contribution in [0.15, 0.2) is 28.7 Å². The molecule has 1 rings (SSSR count). The SMILES string of the molecule is CCC(=O)NCc1cccc(Br)c1. The zero-order valence-electron chi connectivity index (χ0n) is 7.51. The first-order valence-electron chi connectivity index (χ1n) is 4.23. The molecule has 0 saturated carbocycles. The highest BCUT2D eigenvalue weighted by atomic mass is 79.9. The van der Waals surface area contributed by atoms with Crippen LogP contribution in [0, 0.1) is 0 Å². The van der Waals surface area contributed by atoms with Crippen LogP contribution < -0.4 is 5.32 Å². The van der Waals surface area contributed by atoms with Crippen molar-refractivity contribution in [3.8, 4) is 0 Å². The Bertz CT molecular complexity index is 299.